The first-order chi connectivity index (χ1) is 13.6. The lowest BCUT2D eigenvalue weighted by Gasteiger charge is -2.32. The second-order valence-electron chi connectivity index (χ2n) is 7.74. The highest BCUT2D eigenvalue weighted by atomic mass is 35.5. The average Bonchev–Trinajstić information content (AvgIpc) is 3.30. The van der Waals surface area contributed by atoms with E-state index in [4.69, 9.17) is 22.1 Å². The van der Waals surface area contributed by atoms with E-state index >= 15 is 0 Å². The van der Waals surface area contributed by atoms with E-state index in [1.165, 1.54) is 19.2 Å². The van der Waals surface area contributed by atoms with Gasteiger partial charge >= 0.3 is 5.97 Å². The molecule has 0 bridgehead atoms. The molecule has 1 aromatic rings. The zero-order valence-corrected chi connectivity index (χ0v) is 17.2. The molecule has 2 fully saturated rings. The van der Waals surface area contributed by atoms with Crippen molar-refractivity contribution in [3.63, 3.8) is 0 Å². The van der Waals surface area contributed by atoms with Crippen molar-refractivity contribution in [1.29, 1.82) is 5.26 Å². The summed E-state index contributed by atoms with van der Waals surface area (Å²) in [5.41, 5.74) is 2.17. The Bertz CT molecular complexity index is 1010. The number of hydrogen-bond donors (Lipinski definition) is 2. The molecule has 0 heterocycles. The summed E-state index contributed by atoms with van der Waals surface area (Å²) in [4.78, 5) is 24.3. The summed E-state index contributed by atoms with van der Waals surface area (Å²) in [6.45, 7) is -0.0163. The Morgan fingerprint density at radius 2 is 2.03 bits per heavy atom. The molecule has 1 amide bonds. The number of nitrogens with zero attached hydrogens (tertiary/aromatic N) is 1. The second-order valence-corrected chi connectivity index (χ2v) is 10.3. The van der Waals surface area contributed by atoms with Gasteiger partial charge in [-0.3, -0.25) is 9.59 Å². The number of sulfone groups is 1. The SMILES string of the molecule is COC[C@@H]1CC(S(=O)(=O)c2ccccc2Cl)C[C@@]1(C(=O)O)C1CC1(C#N)C(N)=O. The molecule has 2 aliphatic carbocycles. The van der Waals surface area contributed by atoms with E-state index < -0.39 is 49.6 Å². The molecule has 3 rings (SSSR count). The third kappa shape index (κ3) is 3.10. The Balaban J connectivity index is 2.07. The number of carbonyl (C=O) groups is 2. The fourth-order valence-electron chi connectivity index (χ4n) is 4.84. The highest BCUT2D eigenvalue weighted by Gasteiger charge is 2.74. The van der Waals surface area contributed by atoms with Crippen molar-refractivity contribution in [2.45, 2.75) is 29.4 Å². The van der Waals surface area contributed by atoms with E-state index in [0.717, 1.165) is 0 Å². The molecule has 1 aromatic carbocycles. The third-order valence-corrected chi connectivity index (χ3v) is 9.06. The number of nitrogens with two attached hydrogens (primary N) is 1. The van der Waals surface area contributed by atoms with Gasteiger partial charge < -0.3 is 15.6 Å². The van der Waals surface area contributed by atoms with Crippen molar-refractivity contribution in [2.75, 3.05) is 13.7 Å². The van der Waals surface area contributed by atoms with Crippen LogP contribution in [0.2, 0.25) is 5.02 Å². The zero-order valence-electron chi connectivity index (χ0n) is 15.7. The number of carboxylic acid groups (broad SMARTS) is 1. The van der Waals surface area contributed by atoms with Crippen molar-refractivity contribution < 1.29 is 27.9 Å². The van der Waals surface area contributed by atoms with Crippen LogP contribution in [0.3, 0.4) is 0 Å². The molecule has 0 radical (unpaired) electrons. The average molecular weight is 441 g/mol. The van der Waals surface area contributed by atoms with Gasteiger partial charge in [0.05, 0.1) is 33.3 Å². The number of ether oxygens (including phenoxy) is 1. The van der Waals surface area contributed by atoms with Crippen LogP contribution in [0.5, 0.6) is 0 Å². The molecule has 8 nitrogen and oxygen atoms in total. The summed E-state index contributed by atoms with van der Waals surface area (Å²) < 4.78 is 31.7. The van der Waals surface area contributed by atoms with E-state index in [2.05, 4.69) is 0 Å². The van der Waals surface area contributed by atoms with Crippen LogP contribution >= 0.6 is 11.6 Å². The van der Waals surface area contributed by atoms with Crippen molar-refractivity contribution in [3.8, 4) is 6.07 Å². The lowest BCUT2D eigenvalue weighted by molar-refractivity contribution is -0.155. The van der Waals surface area contributed by atoms with E-state index in [1.807, 2.05) is 6.07 Å². The molecule has 0 aromatic heterocycles. The van der Waals surface area contributed by atoms with Crippen LogP contribution in [-0.4, -0.2) is 44.4 Å². The first-order valence-electron chi connectivity index (χ1n) is 8.99. The highest BCUT2D eigenvalue weighted by Crippen LogP contribution is 2.68. The van der Waals surface area contributed by atoms with Gasteiger partial charge in [-0.1, -0.05) is 23.7 Å². The Morgan fingerprint density at radius 1 is 1.38 bits per heavy atom. The molecule has 3 unspecified atom stereocenters. The van der Waals surface area contributed by atoms with Crippen molar-refractivity contribution in [3.05, 3.63) is 29.3 Å². The normalized spacial score (nSPS) is 33.8. The number of halogens is 1. The quantitative estimate of drug-likeness (QED) is 0.654. The number of carboxylic acids is 1. The number of amides is 1. The van der Waals surface area contributed by atoms with E-state index in [0.29, 0.717) is 0 Å². The lowest BCUT2D eigenvalue weighted by Crippen LogP contribution is -2.43. The van der Waals surface area contributed by atoms with Crippen molar-refractivity contribution >= 4 is 33.3 Å². The van der Waals surface area contributed by atoms with E-state index in [-0.39, 0.29) is 35.8 Å². The monoisotopic (exact) mass is 440 g/mol. The number of methoxy groups -OCH3 is 1. The number of nitriles is 1. The summed E-state index contributed by atoms with van der Waals surface area (Å²) in [6, 6.07) is 7.84. The largest absolute Gasteiger partial charge is 0.481 e. The minimum atomic E-state index is -3.95. The van der Waals surface area contributed by atoms with Crippen LogP contribution in [0.25, 0.3) is 0 Å². The van der Waals surface area contributed by atoms with Gasteiger partial charge in [-0.05, 0) is 37.3 Å². The fraction of sp³-hybridized carbons (Fsp3) is 0.526. The maximum atomic E-state index is 13.2. The molecular formula is C19H21ClN2O6S. The molecule has 5 atom stereocenters. The summed E-state index contributed by atoms with van der Waals surface area (Å²) in [5, 5.41) is 18.7. The maximum Gasteiger partial charge on any atom is 0.310 e. The van der Waals surface area contributed by atoms with Gasteiger partial charge in [-0.25, -0.2) is 8.42 Å². The predicted octanol–water partition coefficient (Wildman–Crippen LogP) is 1.62. The molecular weight excluding hydrogens is 420 g/mol. The number of primary amides is 1. The van der Waals surface area contributed by atoms with Gasteiger partial charge in [0, 0.05) is 13.0 Å². The first-order valence-corrected chi connectivity index (χ1v) is 10.9. The predicted molar refractivity (Wildman–Crippen MR) is 102 cm³/mol. The molecule has 29 heavy (non-hydrogen) atoms. The van der Waals surface area contributed by atoms with E-state index in [1.54, 1.807) is 12.1 Å². The van der Waals surface area contributed by atoms with Crippen LogP contribution in [0.4, 0.5) is 0 Å². The maximum absolute atomic E-state index is 13.2. The molecule has 10 heteroatoms. The Kier molecular flexibility index (Phi) is 5.41. The van der Waals surface area contributed by atoms with Crippen molar-refractivity contribution in [2.24, 2.45) is 28.4 Å². The highest BCUT2D eigenvalue weighted by molar-refractivity contribution is 7.92. The summed E-state index contributed by atoms with van der Waals surface area (Å²) in [5.74, 6) is -3.72. The topological polar surface area (TPSA) is 148 Å². The minimum Gasteiger partial charge on any atom is -0.481 e. The summed E-state index contributed by atoms with van der Waals surface area (Å²) in [7, 11) is -2.56. The third-order valence-electron chi connectivity index (χ3n) is 6.41. The van der Waals surface area contributed by atoms with E-state index in [9.17, 15) is 28.4 Å². The van der Waals surface area contributed by atoms with Gasteiger partial charge in [0.15, 0.2) is 9.84 Å². The summed E-state index contributed by atoms with van der Waals surface area (Å²) in [6.07, 6.45) is -0.236. The zero-order chi connectivity index (χ0) is 21.6. The van der Waals surface area contributed by atoms with Gasteiger partial charge in [0.25, 0.3) is 0 Å². The number of rotatable bonds is 7. The number of aliphatic carboxylic acids is 1. The standard InChI is InChI=1S/C19H21ClN2O6S/c1-28-9-11-6-12(29(26,27)14-5-3-2-4-13(14)20)7-19(11,17(24)25)15-8-18(15,10-21)16(22)23/h2-5,11-12,15H,6-9H2,1H3,(H2,22,23)(H,24,25)/t11-,12?,15?,18?,19-/m0/s1. The molecule has 0 saturated heterocycles. The minimum absolute atomic E-state index is 0.00971. The number of carbonyl (C=O) groups excluding carboxylic acids is 1. The molecule has 0 spiro atoms. The van der Waals surface area contributed by atoms with Crippen LogP contribution in [-0.2, 0) is 24.2 Å². The molecule has 0 aliphatic heterocycles. The van der Waals surface area contributed by atoms with Crippen LogP contribution in [0.1, 0.15) is 19.3 Å². The van der Waals surface area contributed by atoms with Crippen LogP contribution in [0.15, 0.2) is 29.2 Å². The van der Waals surface area contributed by atoms with Gasteiger partial charge in [-0.15, -0.1) is 0 Å². The number of benzene rings is 1. The molecule has 2 saturated carbocycles. The molecule has 156 valence electrons. The van der Waals surface area contributed by atoms with Crippen LogP contribution in [0, 0.1) is 34.0 Å². The second kappa shape index (κ2) is 7.27. The lowest BCUT2D eigenvalue weighted by atomic mass is 9.71. The summed E-state index contributed by atoms with van der Waals surface area (Å²) >= 11 is 6.08. The molecule has 2 aliphatic rings. The van der Waals surface area contributed by atoms with Gasteiger partial charge in [-0.2, -0.15) is 5.26 Å². The van der Waals surface area contributed by atoms with Gasteiger partial charge in [0.1, 0.15) is 5.41 Å². The van der Waals surface area contributed by atoms with Gasteiger partial charge in [0.2, 0.25) is 5.91 Å². The smallest absolute Gasteiger partial charge is 0.310 e. The Labute approximate surface area is 173 Å². The van der Waals surface area contributed by atoms with Crippen LogP contribution < -0.4 is 5.73 Å². The first kappa shape index (κ1) is 21.6. The fourth-order valence-corrected chi connectivity index (χ4v) is 7.24. The number of hydrogen-bond acceptors (Lipinski definition) is 6. The Hall–Kier alpha value is -2.15. The Morgan fingerprint density at radius 3 is 2.52 bits per heavy atom. The molecule has 3 N–H and O–H groups in total. The van der Waals surface area contributed by atoms with Crippen molar-refractivity contribution in [1.82, 2.24) is 0 Å².